The molecule has 0 radical (unpaired) electrons. The van der Waals surface area contributed by atoms with Crippen LogP contribution in [0.15, 0.2) is 24.3 Å². The van der Waals surface area contributed by atoms with Crippen molar-refractivity contribution in [2.75, 3.05) is 19.7 Å². The van der Waals surface area contributed by atoms with E-state index >= 15 is 0 Å². The van der Waals surface area contributed by atoms with Crippen molar-refractivity contribution < 1.29 is 23.2 Å². The number of amides is 1. The maximum absolute atomic E-state index is 12.8. The first kappa shape index (κ1) is 19.0. The lowest BCUT2D eigenvalue weighted by Gasteiger charge is -2.14. The molecule has 1 rings (SSSR count). The smallest absolute Gasteiger partial charge is 0.277 e. The normalized spacial score (nSPS) is 10.4. The number of nitrogens with zero attached hydrogens (tertiary/aromatic N) is 1. The Morgan fingerprint density at radius 3 is 2.43 bits per heavy atom. The van der Waals surface area contributed by atoms with Crippen LogP contribution in [0.1, 0.15) is 0 Å². The van der Waals surface area contributed by atoms with Crippen molar-refractivity contribution >= 4 is 24.0 Å². The number of non-ortho nitro benzene ring substituents is 1. The van der Waals surface area contributed by atoms with E-state index in [1.807, 2.05) is 5.32 Å². The molecule has 10 heteroatoms. The Balaban J connectivity index is 0.00000400. The molecule has 0 atom stereocenters. The summed E-state index contributed by atoms with van der Waals surface area (Å²) in [5, 5.41) is 12.4. The maximum Gasteiger partial charge on any atom is 0.277 e. The number of hydrogen-bond donors (Lipinski definition) is 2. The maximum atomic E-state index is 12.8. The van der Waals surface area contributed by atoms with Gasteiger partial charge in [-0.1, -0.05) is 0 Å². The van der Waals surface area contributed by atoms with Gasteiger partial charge in [0, 0.05) is 12.1 Å². The zero-order valence-corrected chi connectivity index (χ0v) is 11.6. The van der Waals surface area contributed by atoms with Crippen molar-refractivity contribution in [3.63, 3.8) is 0 Å². The van der Waals surface area contributed by atoms with Gasteiger partial charge in [-0.2, -0.15) is 0 Å². The van der Waals surface area contributed by atoms with Crippen LogP contribution >= 0.6 is 12.4 Å². The van der Waals surface area contributed by atoms with Gasteiger partial charge in [0.15, 0.2) is 6.61 Å². The number of carbonyl (C=O) groups is 1. The summed E-state index contributed by atoms with van der Waals surface area (Å²) in [7, 11) is 0. The highest BCUT2D eigenvalue weighted by Crippen LogP contribution is 2.17. The zero-order chi connectivity index (χ0) is 15.2. The van der Waals surface area contributed by atoms with Gasteiger partial charge in [-0.25, -0.2) is 8.78 Å². The lowest BCUT2D eigenvalue weighted by molar-refractivity contribution is -0.384. The molecule has 0 heterocycles. The largest absolute Gasteiger partial charge is 0.484 e. The van der Waals surface area contributed by atoms with Crippen LogP contribution in [-0.2, 0) is 4.79 Å². The third kappa shape index (κ3) is 6.82. The summed E-state index contributed by atoms with van der Waals surface area (Å²) in [6.07, 6.45) is 0. The van der Waals surface area contributed by atoms with E-state index in [-0.39, 0.29) is 23.8 Å². The third-order valence-corrected chi connectivity index (χ3v) is 2.26. The van der Waals surface area contributed by atoms with E-state index in [1.165, 1.54) is 24.3 Å². The number of ether oxygens (including phenoxy) is 1. The van der Waals surface area contributed by atoms with Crippen LogP contribution in [0.2, 0.25) is 0 Å². The second kappa shape index (κ2) is 8.32. The fourth-order valence-corrected chi connectivity index (χ4v) is 1.16. The number of nitrogens with two attached hydrogens (primary N) is 1. The van der Waals surface area contributed by atoms with Gasteiger partial charge in [0.1, 0.15) is 5.75 Å². The molecule has 0 spiro atoms. The van der Waals surface area contributed by atoms with Crippen molar-refractivity contribution in [2.24, 2.45) is 5.73 Å². The summed E-state index contributed by atoms with van der Waals surface area (Å²) < 4.78 is 30.5. The third-order valence-electron chi connectivity index (χ3n) is 2.26. The molecule has 0 aliphatic heterocycles. The van der Waals surface area contributed by atoms with Crippen LogP contribution < -0.4 is 15.8 Å². The number of rotatable bonds is 7. The van der Waals surface area contributed by atoms with Crippen molar-refractivity contribution in [3.05, 3.63) is 34.4 Å². The van der Waals surface area contributed by atoms with Gasteiger partial charge >= 0.3 is 0 Å². The predicted molar refractivity (Wildman–Crippen MR) is 72.9 cm³/mol. The van der Waals surface area contributed by atoms with Crippen LogP contribution in [-0.4, -0.2) is 36.4 Å². The average molecular weight is 326 g/mol. The summed E-state index contributed by atoms with van der Waals surface area (Å²) in [4.78, 5) is 21.1. The summed E-state index contributed by atoms with van der Waals surface area (Å²) in [6.45, 7) is -2.21. The molecular weight excluding hydrogens is 312 g/mol. The molecule has 1 aromatic rings. The summed E-state index contributed by atoms with van der Waals surface area (Å²) in [6, 6.07) is 5.02. The Hall–Kier alpha value is -2.00. The fourth-order valence-electron chi connectivity index (χ4n) is 1.16. The van der Waals surface area contributed by atoms with Crippen molar-refractivity contribution in [1.29, 1.82) is 0 Å². The molecule has 0 saturated heterocycles. The number of nitrogens with one attached hydrogen (secondary N) is 1. The van der Waals surface area contributed by atoms with Gasteiger partial charge in [0.2, 0.25) is 0 Å². The van der Waals surface area contributed by atoms with Gasteiger partial charge in [-0.3, -0.25) is 14.9 Å². The number of alkyl halides is 2. The quantitative estimate of drug-likeness (QED) is 0.576. The Kier molecular flexibility index (Phi) is 7.53. The molecular formula is C11H14ClF2N3O4. The van der Waals surface area contributed by atoms with E-state index in [9.17, 15) is 23.7 Å². The van der Waals surface area contributed by atoms with E-state index in [0.29, 0.717) is 0 Å². The number of halogens is 3. The standard InChI is InChI=1S/C11H13F2N3O4.ClH/c12-11(13,6-14)7-15-10(17)5-20-9-3-1-8(2-4-9)16(18)19;/h1-4H,5-7,14H2,(H,15,17);1H. The van der Waals surface area contributed by atoms with E-state index in [4.69, 9.17) is 10.5 Å². The molecule has 0 aliphatic rings. The summed E-state index contributed by atoms with van der Waals surface area (Å²) in [5.74, 6) is -3.68. The zero-order valence-electron chi connectivity index (χ0n) is 10.8. The molecule has 7 nitrogen and oxygen atoms in total. The lowest BCUT2D eigenvalue weighted by atomic mass is 10.3. The molecule has 0 unspecified atom stereocenters. The first-order chi connectivity index (χ1) is 9.34. The lowest BCUT2D eigenvalue weighted by Crippen LogP contribution is -2.43. The van der Waals surface area contributed by atoms with Gasteiger partial charge in [0.25, 0.3) is 17.5 Å². The topological polar surface area (TPSA) is 107 Å². The molecule has 0 fully saturated rings. The Morgan fingerprint density at radius 2 is 1.95 bits per heavy atom. The first-order valence-electron chi connectivity index (χ1n) is 5.56. The monoisotopic (exact) mass is 325 g/mol. The Morgan fingerprint density at radius 1 is 1.38 bits per heavy atom. The first-order valence-corrected chi connectivity index (χ1v) is 5.56. The molecule has 21 heavy (non-hydrogen) atoms. The number of hydrogen-bond acceptors (Lipinski definition) is 5. The molecule has 0 aliphatic carbocycles. The van der Waals surface area contributed by atoms with Crippen LogP contribution in [0.25, 0.3) is 0 Å². The van der Waals surface area contributed by atoms with Crippen molar-refractivity contribution in [3.8, 4) is 5.75 Å². The minimum Gasteiger partial charge on any atom is -0.484 e. The highest BCUT2D eigenvalue weighted by molar-refractivity contribution is 5.85. The van der Waals surface area contributed by atoms with E-state index < -0.39 is 36.4 Å². The van der Waals surface area contributed by atoms with E-state index in [1.54, 1.807) is 0 Å². The number of carbonyl (C=O) groups excluding carboxylic acids is 1. The van der Waals surface area contributed by atoms with Crippen molar-refractivity contribution in [1.82, 2.24) is 5.32 Å². The highest BCUT2D eigenvalue weighted by Gasteiger charge is 2.27. The van der Waals surface area contributed by atoms with Gasteiger partial charge in [0.05, 0.1) is 18.0 Å². The SMILES string of the molecule is Cl.NCC(F)(F)CNC(=O)COc1ccc([N+](=O)[O-])cc1. The highest BCUT2D eigenvalue weighted by atomic mass is 35.5. The van der Waals surface area contributed by atoms with Crippen LogP contribution in [0.3, 0.4) is 0 Å². The average Bonchev–Trinajstić information content (AvgIpc) is 2.43. The van der Waals surface area contributed by atoms with Gasteiger partial charge in [-0.15, -0.1) is 12.4 Å². The van der Waals surface area contributed by atoms with Crippen LogP contribution in [0.5, 0.6) is 5.75 Å². The number of nitro groups is 1. The molecule has 1 amide bonds. The van der Waals surface area contributed by atoms with E-state index in [2.05, 4.69) is 0 Å². The summed E-state index contributed by atoms with van der Waals surface area (Å²) in [5.41, 5.74) is 4.69. The fraction of sp³-hybridized carbons (Fsp3) is 0.364. The number of nitro benzene ring substituents is 1. The Labute approximate surface area is 125 Å². The molecule has 0 saturated carbocycles. The van der Waals surface area contributed by atoms with Crippen molar-refractivity contribution in [2.45, 2.75) is 5.92 Å². The van der Waals surface area contributed by atoms with Crippen LogP contribution in [0.4, 0.5) is 14.5 Å². The summed E-state index contributed by atoms with van der Waals surface area (Å²) >= 11 is 0. The molecule has 118 valence electrons. The number of benzene rings is 1. The van der Waals surface area contributed by atoms with Crippen LogP contribution in [0, 0.1) is 10.1 Å². The van der Waals surface area contributed by atoms with Gasteiger partial charge in [-0.05, 0) is 12.1 Å². The molecule has 0 aromatic heterocycles. The molecule has 0 bridgehead atoms. The second-order valence-corrected chi connectivity index (χ2v) is 3.88. The van der Waals surface area contributed by atoms with Gasteiger partial charge < -0.3 is 15.8 Å². The minimum absolute atomic E-state index is 0. The molecule has 1 aromatic carbocycles. The Bertz CT molecular complexity index is 485. The molecule has 3 N–H and O–H groups in total. The van der Waals surface area contributed by atoms with E-state index in [0.717, 1.165) is 0 Å². The second-order valence-electron chi connectivity index (χ2n) is 3.88. The minimum atomic E-state index is -3.16. The predicted octanol–water partition coefficient (Wildman–Crippen LogP) is 1.11.